The molecule has 0 radical (unpaired) electrons. The average Bonchev–Trinajstić information content (AvgIpc) is 2.94. The lowest BCUT2D eigenvalue weighted by Gasteiger charge is -2.28. The van der Waals surface area contributed by atoms with Crippen molar-refractivity contribution >= 4 is 31.5 Å². The summed E-state index contributed by atoms with van der Waals surface area (Å²) in [6.45, 7) is 7.02. The van der Waals surface area contributed by atoms with Crippen LogP contribution in [0.4, 0.5) is 0 Å². The summed E-state index contributed by atoms with van der Waals surface area (Å²) in [5, 5.41) is 0.459. The highest BCUT2D eigenvalue weighted by atomic mass is 35.5. The highest BCUT2D eigenvalue weighted by Gasteiger charge is 2.38. The number of hydrogen-bond acceptors (Lipinski definition) is 5. The van der Waals surface area contributed by atoms with E-state index >= 15 is 0 Å². The average molecular weight is 423 g/mol. The normalized spacial score (nSPS) is 20.1. The molecule has 1 aliphatic rings. The molecule has 9 heteroatoms. The molecule has 0 saturated carbocycles. The van der Waals surface area contributed by atoms with Crippen LogP contribution in [0.15, 0.2) is 29.2 Å². The highest BCUT2D eigenvalue weighted by Crippen LogP contribution is 2.26. The SMILES string of the molecule is CCN(CC)CCCN([C@H]1CCS(=O)(=O)C1)S(=O)(=O)c1ccc(Cl)cc1. The van der Waals surface area contributed by atoms with Gasteiger partial charge in [-0.25, -0.2) is 16.8 Å². The van der Waals surface area contributed by atoms with Crippen LogP contribution in [0, 0.1) is 0 Å². The van der Waals surface area contributed by atoms with Crippen LogP contribution in [0.5, 0.6) is 0 Å². The van der Waals surface area contributed by atoms with E-state index in [4.69, 9.17) is 11.6 Å². The summed E-state index contributed by atoms with van der Waals surface area (Å²) in [5.41, 5.74) is 0. The van der Waals surface area contributed by atoms with E-state index in [1.165, 1.54) is 28.6 Å². The van der Waals surface area contributed by atoms with Crippen molar-refractivity contribution in [1.82, 2.24) is 9.21 Å². The molecule has 6 nitrogen and oxygen atoms in total. The highest BCUT2D eigenvalue weighted by molar-refractivity contribution is 7.92. The Kier molecular flexibility index (Phi) is 7.50. The van der Waals surface area contributed by atoms with Crippen molar-refractivity contribution < 1.29 is 16.8 Å². The second kappa shape index (κ2) is 9.01. The van der Waals surface area contributed by atoms with Gasteiger partial charge in [-0.15, -0.1) is 0 Å². The number of hydrogen-bond donors (Lipinski definition) is 0. The van der Waals surface area contributed by atoms with Crippen molar-refractivity contribution in [3.8, 4) is 0 Å². The fraction of sp³-hybridized carbons (Fsp3) is 0.647. The number of rotatable bonds is 9. The molecule has 0 aliphatic carbocycles. The van der Waals surface area contributed by atoms with Crippen LogP contribution >= 0.6 is 11.6 Å². The monoisotopic (exact) mass is 422 g/mol. The van der Waals surface area contributed by atoms with E-state index in [-0.39, 0.29) is 16.4 Å². The molecule has 1 saturated heterocycles. The molecule has 1 fully saturated rings. The molecule has 0 unspecified atom stereocenters. The summed E-state index contributed by atoms with van der Waals surface area (Å²) in [4.78, 5) is 2.37. The molecule has 1 aromatic carbocycles. The first-order valence-electron chi connectivity index (χ1n) is 8.89. The van der Waals surface area contributed by atoms with E-state index in [2.05, 4.69) is 18.7 Å². The number of nitrogens with zero attached hydrogens (tertiary/aromatic N) is 2. The number of benzene rings is 1. The third-order valence-electron chi connectivity index (χ3n) is 4.78. The van der Waals surface area contributed by atoms with Crippen molar-refractivity contribution in [3.05, 3.63) is 29.3 Å². The van der Waals surface area contributed by atoms with Crippen LogP contribution in [0.25, 0.3) is 0 Å². The van der Waals surface area contributed by atoms with Crippen LogP contribution in [-0.4, -0.2) is 69.8 Å². The van der Waals surface area contributed by atoms with Gasteiger partial charge in [-0.05, 0) is 56.7 Å². The molecule has 1 atom stereocenters. The number of sulfonamides is 1. The molecule has 1 heterocycles. The second-order valence-corrected chi connectivity index (χ2v) is 11.1. The summed E-state index contributed by atoms with van der Waals surface area (Å²) in [6, 6.07) is 5.51. The van der Waals surface area contributed by atoms with Crippen molar-refractivity contribution in [2.45, 2.75) is 37.6 Å². The van der Waals surface area contributed by atoms with E-state index in [0.29, 0.717) is 24.4 Å². The van der Waals surface area contributed by atoms with Crippen molar-refractivity contribution in [3.63, 3.8) is 0 Å². The molecule has 1 aromatic rings. The minimum Gasteiger partial charge on any atom is -0.304 e. The molecule has 148 valence electrons. The smallest absolute Gasteiger partial charge is 0.243 e. The van der Waals surface area contributed by atoms with Gasteiger partial charge in [0, 0.05) is 17.6 Å². The minimum atomic E-state index is -3.77. The molecule has 0 aromatic heterocycles. The summed E-state index contributed by atoms with van der Waals surface area (Å²) in [6.07, 6.45) is 1.01. The Morgan fingerprint density at radius 2 is 1.73 bits per heavy atom. The van der Waals surface area contributed by atoms with Gasteiger partial charge in [-0.2, -0.15) is 4.31 Å². The van der Waals surface area contributed by atoms with Gasteiger partial charge < -0.3 is 4.90 Å². The summed E-state index contributed by atoms with van der Waals surface area (Å²) in [5.74, 6) is -0.0640. The van der Waals surface area contributed by atoms with Gasteiger partial charge in [0.15, 0.2) is 9.84 Å². The van der Waals surface area contributed by atoms with E-state index < -0.39 is 25.9 Å². The number of halogens is 1. The van der Waals surface area contributed by atoms with Gasteiger partial charge >= 0.3 is 0 Å². The van der Waals surface area contributed by atoms with Crippen molar-refractivity contribution in [2.24, 2.45) is 0 Å². The topological polar surface area (TPSA) is 74.8 Å². The third kappa shape index (κ3) is 5.42. The van der Waals surface area contributed by atoms with Crippen LogP contribution in [-0.2, 0) is 19.9 Å². The Balaban J connectivity index is 2.23. The molecule has 0 spiro atoms. The summed E-state index contributed by atoms with van der Waals surface area (Å²) >= 11 is 5.86. The maximum atomic E-state index is 13.1. The van der Waals surface area contributed by atoms with Gasteiger partial charge in [0.25, 0.3) is 0 Å². The zero-order valence-corrected chi connectivity index (χ0v) is 17.7. The van der Waals surface area contributed by atoms with Crippen LogP contribution in [0.2, 0.25) is 5.02 Å². The van der Waals surface area contributed by atoms with Crippen molar-refractivity contribution in [1.29, 1.82) is 0 Å². The van der Waals surface area contributed by atoms with Gasteiger partial charge in [0.05, 0.1) is 16.4 Å². The molecule has 0 bridgehead atoms. The molecular weight excluding hydrogens is 396 g/mol. The summed E-state index contributed by atoms with van der Waals surface area (Å²) in [7, 11) is -6.95. The standard InChI is InChI=1S/C17H27ClN2O4S2/c1-3-19(4-2)11-5-12-20(16-10-13-25(21,22)14-16)26(23,24)17-8-6-15(18)7-9-17/h6-9,16H,3-5,10-14H2,1-2H3/t16-/m0/s1. The lowest BCUT2D eigenvalue weighted by Crippen LogP contribution is -2.42. The Bertz CT molecular complexity index is 791. The predicted molar refractivity (Wildman–Crippen MR) is 105 cm³/mol. The predicted octanol–water partition coefficient (Wildman–Crippen LogP) is 2.25. The number of sulfone groups is 1. The Labute approximate surface area is 162 Å². The summed E-state index contributed by atoms with van der Waals surface area (Å²) < 4.78 is 51.4. The van der Waals surface area contributed by atoms with E-state index in [0.717, 1.165) is 19.6 Å². The second-order valence-electron chi connectivity index (χ2n) is 6.51. The zero-order chi connectivity index (χ0) is 19.4. The molecule has 2 rings (SSSR count). The van der Waals surface area contributed by atoms with Gasteiger partial charge in [-0.1, -0.05) is 25.4 Å². The fourth-order valence-electron chi connectivity index (χ4n) is 3.23. The van der Waals surface area contributed by atoms with Gasteiger partial charge in [0.1, 0.15) is 0 Å². The Hall–Kier alpha value is -0.670. The lowest BCUT2D eigenvalue weighted by molar-refractivity contribution is 0.269. The Morgan fingerprint density at radius 3 is 2.23 bits per heavy atom. The first-order valence-corrected chi connectivity index (χ1v) is 12.5. The molecule has 26 heavy (non-hydrogen) atoms. The first kappa shape index (κ1) is 21.6. The fourth-order valence-corrected chi connectivity index (χ4v) is 6.88. The molecule has 0 amide bonds. The maximum absolute atomic E-state index is 13.1. The molecule has 0 N–H and O–H groups in total. The van der Waals surface area contributed by atoms with E-state index in [1.807, 2.05) is 0 Å². The molecular formula is C17H27ClN2O4S2. The molecule has 1 aliphatic heterocycles. The largest absolute Gasteiger partial charge is 0.304 e. The van der Waals surface area contributed by atoms with Crippen LogP contribution in [0.1, 0.15) is 26.7 Å². The van der Waals surface area contributed by atoms with Crippen LogP contribution in [0.3, 0.4) is 0 Å². The third-order valence-corrected chi connectivity index (χ3v) is 8.75. The first-order chi connectivity index (χ1) is 12.2. The Morgan fingerprint density at radius 1 is 1.12 bits per heavy atom. The van der Waals surface area contributed by atoms with E-state index in [9.17, 15) is 16.8 Å². The van der Waals surface area contributed by atoms with Crippen molar-refractivity contribution in [2.75, 3.05) is 37.7 Å². The lowest BCUT2D eigenvalue weighted by atomic mass is 10.2. The minimum absolute atomic E-state index is 0.0420. The quantitative estimate of drug-likeness (QED) is 0.610. The van der Waals surface area contributed by atoms with E-state index in [1.54, 1.807) is 0 Å². The van der Waals surface area contributed by atoms with Gasteiger partial charge in [0.2, 0.25) is 10.0 Å². The maximum Gasteiger partial charge on any atom is 0.243 e. The van der Waals surface area contributed by atoms with Gasteiger partial charge in [-0.3, -0.25) is 0 Å². The van der Waals surface area contributed by atoms with Crippen LogP contribution < -0.4 is 0 Å². The zero-order valence-electron chi connectivity index (χ0n) is 15.3.